The van der Waals surface area contributed by atoms with Gasteiger partial charge in [0.1, 0.15) is 0 Å². The van der Waals surface area contributed by atoms with Crippen LogP contribution < -0.4 is 5.32 Å². The average molecular weight is 309 g/mol. The predicted molar refractivity (Wildman–Crippen MR) is 96.1 cm³/mol. The van der Waals surface area contributed by atoms with Crippen molar-refractivity contribution >= 4 is 16.9 Å². The Balaban J connectivity index is 1.97. The van der Waals surface area contributed by atoms with E-state index in [1.54, 1.807) is 17.3 Å². The zero-order valence-corrected chi connectivity index (χ0v) is 15.1. The number of aliphatic imine (C=N–C) groups is 1. The van der Waals surface area contributed by atoms with Gasteiger partial charge in [-0.2, -0.15) is 0 Å². The normalized spacial score (nSPS) is 25.6. The highest BCUT2D eigenvalue weighted by atomic mass is 32.2. The molecule has 120 valence electrons. The van der Waals surface area contributed by atoms with E-state index in [0.29, 0.717) is 12.0 Å². The van der Waals surface area contributed by atoms with Gasteiger partial charge in [0, 0.05) is 5.54 Å². The van der Waals surface area contributed by atoms with Crippen molar-refractivity contribution in [3.05, 3.63) is 11.6 Å². The number of rotatable bonds is 3. The van der Waals surface area contributed by atoms with Crippen LogP contribution in [0.25, 0.3) is 0 Å². The number of nitrogens with one attached hydrogen (secondary N) is 1. The lowest BCUT2D eigenvalue weighted by atomic mass is 9.78. The Morgan fingerprint density at radius 2 is 1.95 bits per heavy atom. The van der Waals surface area contributed by atoms with Gasteiger partial charge in [-0.25, -0.2) is 0 Å². The molecule has 0 radical (unpaired) electrons. The molecule has 0 unspecified atom stereocenters. The van der Waals surface area contributed by atoms with E-state index in [1.165, 1.54) is 51.4 Å². The fraction of sp³-hybridized carbons (Fsp3) is 0.833. The Morgan fingerprint density at radius 3 is 2.52 bits per heavy atom. The van der Waals surface area contributed by atoms with Crippen LogP contribution in [0.15, 0.2) is 16.6 Å². The lowest BCUT2D eigenvalue weighted by molar-refractivity contribution is 0.267. The van der Waals surface area contributed by atoms with Crippen LogP contribution >= 0.6 is 11.8 Å². The van der Waals surface area contributed by atoms with Crippen molar-refractivity contribution < 1.29 is 0 Å². The van der Waals surface area contributed by atoms with Crippen molar-refractivity contribution in [3.63, 3.8) is 0 Å². The highest BCUT2D eigenvalue weighted by Gasteiger charge is 2.31. The van der Waals surface area contributed by atoms with Crippen LogP contribution in [0.3, 0.4) is 0 Å². The summed E-state index contributed by atoms with van der Waals surface area (Å²) in [5, 5.41) is 4.91. The van der Waals surface area contributed by atoms with Gasteiger partial charge in [-0.15, -0.1) is 0 Å². The van der Waals surface area contributed by atoms with Gasteiger partial charge in [0.25, 0.3) is 0 Å². The summed E-state index contributed by atoms with van der Waals surface area (Å²) in [6, 6.07) is 0.554. The molecule has 0 aromatic heterocycles. The van der Waals surface area contributed by atoms with Gasteiger partial charge in [-0.3, -0.25) is 4.99 Å². The quantitative estimate of drug-likeness (QED) is 0.443. The predicted octanol–water partition coefficient (Wildman–Crippen LogP) is 5.15. The largest absolute Gasteiger partial charge is 0.360 e. The molecule has 0 saturated heterocycles. The second-order valence-corrected chi connectivity index (χ2v) is 8.09. The van der Waals surface area contributed by atoms with Crippen LogP contribution in [0.1, 0.15) is 72.1 Å². The smallest absolute Gasteiger partial charge is 0.156 e. The number of nitrogens with zero attached hydrogens (tertiary/aromatic N) is 1. The maximum absolute atomic E-state index is 5.00. The molecule has 2 aliphatic carbocycles. The van der Waals surface area contributed by atoms with Crippen molar-refractivity contribution in [2.75, 3.05) is 6.26 Å². The Morgan fingerprint density at radius 1 is 1.24 bits per heavy atom. The zero-order chi connectivity index (χ0) is 15.3. The maximum atomic E-state index is 5.00. The summed E-state index contributed by atoms with van der Waals surface area (Å²) in [6.45, 7) is 6.95. The van der Waals surface area contributed by atoms with Crippen molar-refractivity contribution in [1.29, 1.82) is 0 Å². The first kappa shape index (κ1) is 16.9. The average Bonchev–Trinajstić information content (AvgIpc) is 2.48. The molecule has 0 aliphatic heterocycles. The minimum Gasteiger partial charge on any atom is -0.360 e. The first-order chi connectivity index (χ1) is 10.0. The summed E-state index contributed by atoms with van der Waals surface area (Å²) in [4.78, 5) is 5.00. The molecule has 2 nitrogen and oxygen atoms in total. The topological polar surface area (TPSA) is 24.4 Å². The second-order valence-electron chi connectivity index (χ2n) is 7.30. The van der Waals surface area contributed by atoms with Crippen molar-refractivity contribution in [1.82, 2.24) is 5.32 Å². The summed E-state index contributed by atoms with van der Waals surface area (Å²) in [6.07, 6.45) is 15.0. The molecule has 0 amide bonds. The molecule has 21 heavy (non-hydrogen) atoms. The maximum Gasteiger partial charge on any atom is 0.156 e. The molecular weight excluding hydrogens is 276 g/mol. The summed E-state index contributed by atoms with van der Waals surface area (Å²) in [5.74, 6) is 0.713. The van der Waals surface area contributed by atoms with Crippen LogP contribution in [0.4, 0.5) is 0 Å². The lowest BCUT2D eigenvalue weighted by Gasteiger charge is -2.38. The summed E-state index contributed by atoms with van der Waals surface area (Å²) >= 11 is 1.78. The minimum atomic E-state index is 0.133. The molecule has 0 aromatic carbocycles. The van der Waals surface area contributed by atoms with E-state index in [9.17, 15) is 0 Å². The van der Waals surface area contributed by atoms with E-state index in [4.69, 9.17) is 4.99 Å². The molecule has 0 bridgehead atoms. The third kappa shape index (κ3) is 5.05. The van der Waals surface area contributed by atoms with Gasteiger partial charge in [-0.1, -0.05) is 42.7 Å². The van der Waals surface area contributed by atoms with E-state index in [2.05, 4.69) is 38.4 Å². The summed E-state index contributed by atoms with van der Waals surface area (Å²) in [5.41, 5.74) is 1.69. The Hall–Kier alpha value is -0.440. The summed E-state index contributed by atoms with van der Waals surface area (Å²) in [7, 11) is 0. The molecule has 1 fully saturated rings. The fourth-order valence-corrected chi connectivity index (χ4v) is 4.13. The Bertz CT molecular complexity index is 392. The van der Waals surface area contributed by atoms with E-state index in [1.807, 2.05) is 0 Å². The van der Waals surface area contributed by atoms with Gasteiger partial charge in [0.05, 0.1) is 6.04 Å². The molecule has 0 spiro atoms. The van der Waals surface area contributed by atoms with Gasteiger partial charge < -0.3 is 5.32 Å². The lowest BCUT2D eigenvalue weighted by Crippen LogP contribution is -2.49. The first-order valence-corrected chi connectivity index (χ1v) is 9.79. The van der Waals surface area contributed by atoms with E-state index >= 15 is 0 Å². The highest BCUT2D eigenvalue weighted by molar-refractivity contribution is 8.13. The highest BCUT2D eigenvalue weighted by Crippen LogP contribution is 2.32. The molecular formula is C18H32N2S. The van der Waals surface area contributed by atoms with Gasteiger partial charge in [0.15, 0.2) is 5.17 Å². The summed E-state index contributed by atoms with van der Waals surface area (Å²) < 4.78 is 0. The third-order valence-corrected chi connectivity index (χ3v) is 5.75. The van der Waals surface area contributed by atoms with Crippen LogP contribution in [0.2, 0.25) is 0 Å². The van der Waals surface area contributed by atoms with Gasteiger partial charge in [0.2, 0.25) is 0 Å². The Labute approximate surface area is 135 Å². The van der Waals surface area contributed by atoms with E-state index in [-0.39, 0.29) is 5.54 Å². The van der Waals surface area contributed by atoms with Crippen LogP contribution in [-0.2, 0) is 0 Å². The van der Waals surface area contributed by atoms with Crippen molar-refractivity contribution in [2.24, 2.45) is 10.9 Å². The molecule has 2 aliphatic rings. The minimum absolute atomic E-state index is 0.133. The van der Waals surface area contributed by atoms with Crippen LogP contribution in [0, 0.1) is 5.92 Å². The monoisotopic (exact) mass is 308 g/mol. The molecule has 1 atom stereocenters. The second kappa shape index (κ2) is 7.71. The van der Waals surface area contributed by atoms with E-state index in [0.717, 1.165) is 5.17 Å². The SMILES string of the molecule is CSC(=NC1CCCCC1)NC(C)(C)[C@H]1CC=C(C)CC1. The standard InChI is InChI=1S/C18H32N2S/c1-14-10-12-15(13-11-14)18(2,3)20-17(21-4)19-16-8-6-5-7-9-16/h10,15-16H,5-9,11-13H2,1-4H3,(H,19,20)/t15-/m0/s1. The van der Waals surface area contributed by atoms with Crippen molar-refractivity contribution in [3.8, 4) is 0 Å². The number of hydrogen-bond donors (Lipinski definition) is 1. The fourth-order valence-electron chi connectivity index (χ4n) is 3.51. The number of thioether (sulfide) groups is 1. The zero-order valence-electron chi connectivity index (χ0n) is 14.2. The van der Waals surface area contributed by atoms with Gasteiger partial charge in [-0.05, 0) is 65.0 Å². The molecule has 0 aromatic rings. The number of hydrogen-bond acceptors (Lipinski definition) is 2. The Kier molecular flexibility index (Phi) is 6.21. The first-order valence-electron chi connectivity index (χ1n) is 8.57. The van der Waals surface area contributed by atoms with Crippen LogP contribution in [0.5, 0.6) is 0 Å². The van der Waals surface area contributed by atoms with E-state index < -0.39 is 0 Å². The van der Waals surface area contributed by atoms with Gasteiger partial charge >= 0.3 is 0 Å². The van der Waals surface area contributed by atoms with Crippen molar-refractivity contribution in [2.45, 2.75) is 83.7 Å². The number of allylic oxidation sites excluding steroid dienone is 2. The molecule has 0 heterocycles. The molecule has 1 N–H and O–H groups in total. The molecule has 1 saturated carbocycles. The molecule has 3 heteroatoms. The number of amidine groups is 1. The molecule has 2 rings (SSSR count). The van der Waals surface area contributed by atoms with Crippen LogP contribution in [-0.4, -0.2) is 23.0 Å². The third-order valence-electron chi connectivity index (χ3n) is 5.16.